The normalized spacial score (nSPS) is 11.1. The molecule has 1 aromatic heterocycles. The van der Waals surface area contributed by atoms with Crippen molar-refractivity contribution in [3.63, 3.8) is 0 Å². The van der Waals surface area contributed by atoms with Crippen LogP contribution in [-0.4, -0.2) is 23.3 Å². The molecule has 118 valence electrons. The van der Waals surface area contributed by atoms with E-state index >= 15 is 0 Å². The van der Waals surface area contributed by atoms with Gasteiger partial charge in [-0.15, -0.1) is 0 Å². The molecule has 0 spiro atoms. The van der Waals surface area contributed by atoms with Crippen LogP contribution in [0.4, 0.5) is 4.79 Å². The molecule has 2 aromatic rings. The highest BCUT2D eigenvalue weighted by molar-refractivity contribution is 5.74. The lowest BCUT2D eigenvalue weighted by molar-refractivity contribution is 0.227. The molecule has 0 aliphatic carbocycles. The molecule has 22 heavy (non-hydrogen) atoms. The highest BCUT2D eigenvalue weighted by Gasteiger charge is 2.28. The molecule has 0 fully saturated rings. The van der Waals surface area contributed by atoms with Gasteiger partial charge in [0.1, 0.15) is 5.75 Å². The number of benzene rings is 1. The zero-order valence-corrected chi connectivity index (χ0v) is 13.1. The topological polar surface area (TPSA) is 89.3 Å². The lowest BCUT2D eigenvalue weighted by Gasteiger charge is -2.22. The van der Waals surface area contributed by atoms with Gasteiger partial charge < -0.3 is 19.9 Å². The van der Waals surface area contributed by atoms with E-state index in [1.807, 2.05) is 24.3 Å². The molecule has 2 rings (SSSR count). The maximum atomic E-state index is 12.1. The van der Waals surface area contributed by atoms with Crippen LogP contribution in [0.2, 0.25) is 0 Å². The minimum Gasteiger partial charge on any atom is -0.496 e. The molecule has 1 heterocycles. The SMILES string of the molecule is COc1ccccc1CNC(=O)NC(C)(C)c1noc(C)n1. The van der Waals surface area contributed by atoms with Crippen LogP contribution in [0, 0.1) is 6.92 Å². The van der Waals surface area contributed by atoms with Gasteiger partial charge in [-0.2, -0.15) is 4.98 Å². The van der Waals surface area contributed by atoms with Crippen molar-refractivity contribution < 1.29 is 14.1 Å². The predicted octanol–water partition coefficient (Wildman–Crippen LogP) is 2.12. The first-order chi connectivity index (χ1) is 10.4. The first-order valence-electron chi connectivity index (χ1n) is 6.91. The molecule has 0 aliphatic rings. The summed E-state index contributed by atoms with van der Waals surface area (Å²) < 4.78 is 10.2. The largest absolute Gasteiger partial charge is 0.496 e. The zero-order chi connectivity index (χ0) is 16.2. The quantitative estimate of drug-likeness (QED) is 0.883. The van der Waals surface area contributed by atoms with Crippen LogP contribution in [0.25, 0.3) is 0 Å². The molecule has 2 N–H and O–H groups in total. The van der Waals surface area contributed by atoms with Crippen LogP contribution in [0.15, 0.2) is 28.8 Å². The highest BCUT2D eigenvalue weighted by atomic mass is 16.5. The average Bonchev–Trinajstić information content (AvgIpc) is 2.92. The summed E-state index contributed by atoms with van der Waals surface area (Å²) in [7, 11) is 1.60. The van der Waals surface area contributed by atoms with Crippen molar-refractivity contribution >= 4 is 6.03 Å². The number of ether oxygens (including phenoxy) is 1. The lowest BCUT2D eigenvalue weighted by atomic mass is 10.1. The predicted molar refractivity (Wildman–Crippen MR) is 80.4 cm³/mol. The van der Waals surface area contributed by atoms with E-state index in [1.165, 1.54) is 0 Å². The van der Waals surface area contributed by atoms with E-state index in [-0.39, 0.29) is 6.03 Å². The van der Waals surface area contributed by atoms with E-state index in [2.05, 4.69) is 20.8 Å². The lowest BCUT2D eigenvalue weighted by Crippen LogP contribution is -2.46. The molecule has 0 saturated carbocycles. The second-order valence-electron chi connectivity index (χ2n) is 5.38. The molecule has 7 nitrogen and oxygen atoms in total. The Morgan fingerprint density at radius 1 is 1.36 bits per heavy atom. The van der Waals surface area contributed by atoms with Crippen molar-refractivity contribution in [2.75, 3.05) is 7.11 Å². The van der Waals surface area contributed by atoms with Gasteiger partial charge in [0.05, 0.1) is 12.6 Å². The Bertz CT molecular complexity index is 652. The molecule has 0 saturated heterocycles. The Labute approximate surface area is 129 Å². The fourth-order valence-corrected chi connectivity index (χ4v) is 1.96. The third kappa shape index (κ3) is 3.75. The van der Waals surface area contributed by atoms with Gasteiger partial charge in [0.2, 0.25) is 5.89 Å². The first-order valence-corrected chi connectivity index (χ1v) is 6.91. The molecule has 0 bridgehead atoms. The summed E-state index contributed by atoms with van der Waals surface area (Å²) in [5.74, 6) is 1.62. The summed E-state index contributed by atoms with van der Waals surface area (Å²) in [6.07, 6.45) is 0. The van der Waals surface area contributed by atoms with E-state index in [0.717, 1.165) is 11.3 Å². The summed E-state index contributed by atoms with van der Waals surface area (Å²) in [5.41, 5.74) is 0.163. The Morgan fingerprint density at radius 2 is 2.09 bits per heavy atom. The van der Waals surface area contributed by atoms with Crippen molar-refractivity contribution in [1.82, 2.24) is 20.8 Å². The molecule has 0 radical (unpaired) electrons. The van der Waals surface area contributed by atoms with Crippen LogP contribution in [0.5, 0.6) is 5.75 Å². The number of rotatable bonds is 5. The summed E-state index contributed by atoms with van der Waals surface area (Å²) in [6.45, 7) is 5.67. The van der Waals surface area contributed by atoms with Gasteiger partial charge in [-0.3, -0.25) is 0 Å². The third-order valence-electron chi connectivity index (χ3n) is 3.14. The number of aromatic nitrogens is 2. The number of carbonyl (C=O) groups is 1. The van der Waals surface area contributed by atoms with Crippen molar-refractivity contribution in [1.29, 1.82) is 0 Å². The molecule has 0 atom stereocenters. The Morgan fingerprint density at radius 3 is 2.73 bits per heavy atom. The van der Waals surface area contributed by atoms with E-state index in [9.17, 15) is 4.79 Å². The summed E-state index contributed by atoms with van der Waals surface area (Å²) in [4.78, 5) is 16.2. The highest BCUT2D eigenvalue weighted by Crippen LogP contribution is 2.18. The van der Waals surface area contributed by atoms with E-state index in [4.69, 9.17) is 9.26 Å². The summed E-state index contributed by atoms with van der Waals surface area (Å²) in [6, 6.07) is 7.19. The number of urea groups is 1. The zero-order valence-electron chi connectivity index (χ0n) is 13.1. The van der Waals surface area contributed by atoms with Crippen LogP contribution < -0.4 is 15.4 Å². The van der Waals surface area contributed by atoms with Crippen LogP contribution in [0.1, 0.15) is 31.1 Å². The van der Waals surface area contributed by atoms with E-state index < -0.39 is 5.54 Å². The van der Waals surface area contributed by atoms with Gasteiger partial charge in [0.25, 0.3) is 0 Å². The number of para-hydroxylation sites is 1. The van der Waals surface area contributed by atoms with Gasteiger partial charge in [0.15, 0.2) is 5.82 Å². The minimum absolute atomic E-state index is 0.321. The standard InChI is InChI=1S/C15H20N4O3/c1-10-17-13(19-22-10)15(2,3)18-14(20)16-9-11-7-5-6-8-12(11)21-4/h5-8H,9H2,1-4H3,(H2,16,18,20). The van der Waals surface area contributed by atoms with Crippen LogP contribution >= 0.6 is 0 Å². The van der Waals surface area contributed by atoms with E-state index in [1.54, 1.807) is 27.9 Å². The fourth-order valence-electron chi connectivity index (χ4n) is 1.96. The monoisotopic (exact) mass is 304 g/mol. The number of nitrogens with one attached hydrogen (secondary N) is 2. The Hall–Kier alpha value is -2.57. The molecular formula is C15H20N4O3. The molecule has 2 amide bonds. The molecule has 7 heteroatoms. The minimum atomic E-state index is -0.734. The number of hydrogen-bond donors (Lipinski definition) is 2. The van der Waals surface area contributed by atoms with E-state index in [0.29, 0.717) is 18.3 Å². The van der Waals surface area contributed by atoms with Crippen LogP contribution in [0.3, 0.4) is 0 Å². The number of methoxy groups -OCH3 is 1. The van der Waals surface area contributed by atoms with Crippen LogP contribution in [-0.2, 0) is 12.1 Å². The summed E-state index contributed by atoms with van der Waals surface area (Å²) >= 11 is 0. The second-order valence-corrected chi connectivity index (χ2v) is 5.38. The smallest absolute Gasteiger partial charge is 0.315 e. The first kappa shape index (κ1) is 15.8. The molecule has 0 aliphatic heterocycles. The number of carbonyl (C=O) groups excluding carboxylic acids is 1. The van der Waals surface area contributed by atoms with Gasteiger partial charge in [0, 0.05) is 19.0 Å². The Balaban J connectivity index is 1.95. The Kier molecular flexibility index (Phi) is 4.65. The maximum absolute atomic E-state index is 12.1. The molecule has 0 unspecified atom stereocenters. The van der Waals surface area contributed by atoms with Crippen molar-refractivity contribution in [2.24, 2.45) is 0 Å². The van der Waals surface area contributed by atoms with Crippen molar-refractivity contribution in [2.45, 2.75) is 32.9 Å². The summed E-state index contributed by atoms with van der Waals surface area (Å²) in [5, 5.41) is 9.45. The van der Waals surface area contributed by atoms with Gasteiger partial charge in [-0.05, 0) is 19.9 Å². The van der Waals surface area contributed by atoms with Crippen molar-refractivity contribution in [3.05, 3.63) is 41.5 Å². The molecule has 1 aromatic carbocycles. The van der Waals surface area contributed by atoms with Gasteiger partial charge in [-0.1, -0.05) is 23.4 Å². The second kappa shape index (κ2) is 6.46. The number of nitrogens with zero attached hydrogens (tertiary/aromatic N) is 2. The number of hydrogen-bond acceptors (Lipinski definition) is 5. The van der Waals surface area contributed by atoms with Gasteiger partial charge in [-0.25, -0.2) is 4.79 Å². The number of amides is 2. The maximum Gasteiger partial charge on any atom is 0.315 e. The van der Waals surface area contributed by atoms with Crippen molar-refractivity contribution in [3.8, 4) is 5.75 Å². The number of aryl methyl sites for hydroxylation is 1. The fraction of sp³-hybridized carbons (Fsp3) is 0.400. The van der Waals surface area contributed by atoms with Gasteiger partial charge >= 0.3 is 6.03 Å². The third-order valence-corrected chi connectivity index (χ3v) is 3.14. The average molecular weight is 304 g/mol. The molecular weight excluding hydrogens is 284 g/mol.